The van der Waals surface area contributed by atoms with Crippen molar-refractivity contribution in [1.82, 2.24) is 5.32 Å². The van der Waals surface area contributed by atoms with Crippen molar-refractivity contribution >= 4 is 29.2 Å². The third-order valence-electron chi connectivity index (χ3n) is 3.15. The summed E-state index contributed by atoms with van der Waals surface area (Å²) in [5.41, 5.74) is 0.178. The van der Waals surface area contributed by atoms with Crippen LogP contribution in [0.3, 0.4) is 0 Å². The van der Waals surface area contributed by atoms with Gasteiger partial charge in [-0.15, -0.1) is 0 Å². The topological polar surface area (TPSA) is 78.4 Å². The predicted octanol–water partition coefficient (Wildman–Crippen LogP) is 1.98. The first kappa shape index (κ1) is 13.8. The Labute approximate surface area is 116 Å². The Morgan fingerprint density at radius 3 is 2.84 bits per heavy atom. The summed E-state index contributed by atoms with van der Waals surface area (Å²) in [6, 6.07) is 4.65. The first-order chi connectivity index (χ1) is 9.09. The lowest BCUT2D eigenvalue weighted by molar-refractivity contribution is -0.120. The summed E-state index contributed by atoms with van der Waals surface area (Å²) in [6.07, 6.45) is 1.75. The van der Waals surface area contributed by atoms with Gasteiger partial charge in [0, 0.05) is 6.54 Å². The average molecular weight is 283 g/mol. The summed E-state index contributed by atoms with van der Waals surface area (Å²) >= 11 is 5.85. The molecule has 1 fully saturated rings. The van der Waals surface area contributed by atoms with E-state index in [9.17, 15) is 9.59 Å². The number of carbonyl (C=O) groups excluding carboxylic acids is 1. The van der Waals surface area contributed by atoms with Crippen LogP contribution in [0, 0.1) is 5.92 Å². The highest BCUT2D eigenvalue weighted by Crippen LogP contribution is 2.25. The number of aromatic carboxylic acids is 1. The Morgan fingerprint density at radius 1 is 1.42 bits per heavy atom. The summed E-state index contributed by atoms with van der Waals surface area (Å²) in [6.45, 7) is 1.54. The van der Waals surface area contributed by atoms with Gasteiger partial charge in [-0.1, -0.05) is 17.7 Å². The van der Waals surface area contributed by atoms with Gasteiger partial charge in [-0.05, 0) is 31.5 Å². The molecule has 2 rings (SSSR count). The highest BCUT2D eigenvalue weighted by Gasteiger charge is 2.23. The van der Waals surface area contributed by atoms with Crippen LogP contribution in [-0.2, 0) is 4.79 Å². The van der Waals surface area contributed by atoms with Crippen LogP contribution in [0.5, 0.6) is 0 Å². The minimum Gasteiger partial charge on any atom is -0.478 e. The van der Waals surface area contributed by atoms with Gasteiger partial charge in [0.05, 0.1) is 16.6 Å². The number of nitrogens with one attached hydrogen (secondary N) is 2. The first-order valence-electron chi connectivity index (χ1n) is 6.13. The fourth-order valence-corrected chi connectivity index (χ4v) is 2.41. The highest BCUT2D eigenvalue weighted by atomic mass is 35.5. The van der Waals surface area contributed by atoms with Gasteiger partial charge in [-0.25, -0.2) is 4.79 Å². The number of hydrogen-bond acceptors (Lipinski definition) is 3. The molecule has 1 aromatic rings. The summed E-state index contributed by atoms with van der Waals surface area (Å²) in [5.74, 6) is -1.45. The molecule has 1 aliphatic rings. The Morgan fingerprint density at radius 2 is 2.21 bits per heavy atom. The van der Waals surface area contributed by atoms with Crippen LogP contribution in [0.1, 0.15) is 23.2 Å². The highest BCUT2D eigenvalue weighted by molar-refractivity contribution is 6.34. The largest absolute Gasteiger partial charge is 0.478 e. The molecule has 1 saturated heterocycles. The van der Waals surface area contributed by atoms with Gasteiger partial charge in [0.25, 0.3) is 0 Å². The maximum Gasteiger partial charge on any atom is 0.339 e. The zero-order chi connectivity index (χ0) is 13.8. The number of hydrogen-bond donors (Lipinski definition) is 3. The number of carbonyl (C=O) groups is 2. The second-order valence-corrected chi connectivity index (χ2v) is 4.91. The molecule has 0 saturated carbocycles. The fraction of sp³-hybridized carbons (Fsp3) is 0.385. The van der Waals surface area contributed by atoms with Gasteiger partial charge in [0.1, 0.15) is 5.56 Å². The summed E-state index contributed by atoms with van der Waals surface area (Å²) in [5, 5.41) is 15.0. The fourth-order valence-electron chi connectivity index (χ4n) is 2.16. The van der Waals surface area contributed by atoms with Crippen LogP contribution in [0.25, 0.3) is 0 Å². The van der Waals surface area contributed by atoms with Gasteiger partial charge in [-0.3, -0.25) is 4.79 Å². The molecule has 1 aliphatic heterocycles. The Kier molecular flexibility index (Phi) is 4.39. The molecule has 1 amide bonds. The van der Waals surface area contributed by atoms with Gasteiger partial charge in [-0.2, -0.15) is 0 Å². The lowest BCUT2D eigenvalue weighted by atomic mass is 9.98. The normalized spacial score (nSPS) is 18.9. The molecule has 1 aromatic carbocycles. The zero-order valence-corrected chi connectivity index (χ0v) is 11.0. The lowest BCUT2D eigenvalue weighted by Gasteiger charge is -2.22. The maximum atomic E-state index is 12.1. The molecule has 6 heteroatoms. The average Bonchev–Trinajstić information content (AvgIpc) is 2.39. The van der Waals surface area contributed by atoms with Crippen molar-refractivity contribution in [1.29, 1.82) is 0 Å². The molecule has 0 spiro atoms. The predicted molar refractivity (Wildman–Crippen MR) is 72.6 cm³/mol. The van der Waals surface area contributed by atoms with Gasteiger partial charge < -0.3 is 15.7 Å². The molecular formula is C13H15ClN2O3. The van der Waals surface area contributed by atoms with Crippen molar-refractivity contribution in [3.05, 3.63) is 28.8 Å². The van der Waals surface area contributed by atoms with E-state index in [2.05, 4.69) is 10.6 Å². The van der Waals surface area contributed by atoms with E-state index < -0.39 is 5.97 Å². The van der Waals surface area contributed by atoms with E-state index in [1.165, 1.54) is 6.07 Å². The van der Waals surface area contributed by atoms with E-state index in [1.54, 1.807) is 12.1 Å². The van der Waals surface area contributed by atoms with Crippen molar-refractivity contribution in [3.63, 3.8) is 0 Å². The number of rotatable bonds is 3. The van der Waals surface area contributed by atoms with Crippen LogP contribution < -0.4 is 10.6 Å². The van der Waals surface area contributed by atoms with E-state index in [0.29, 0.717) is 6.54 Å². The third-order valence-corrected chi connectivity index (χ3v) is 3.47. The molecule has 0 bridgehead atoms. The van der Waals surface area contributed by atoms with Crippen LogP contribution in [-0.4, -0.2) is 30.1 Å². The van der Waals surface area contributed by atoms with E-state index in [-0.39, 0.29) is 28.1 Å². The molecule has 0 radical (unpaired) electrons. The molecule has 1 heterocycles. The second kappa shape index (κ2) is 6.04. The van der Waals surface area contributed by atoms with E-state index in [1.807, 2.05) is 0 Å². The zero-order valence-electron chi connectivity index (χ0n) is 10.3. The summed E-state index contributed by atoms with van der Waals surface area (Å²) in [7, 11) is 0. The van der Waals surface area contributed by atoms with Crippen LogP contribution in [0.15, 0.2) is 18.2 Å². The molecule has 5 nitrogen and oxygen atoms in total. The Bertz CT molecular complexity index is 499. The Hall–Kier alpha value is -1.59. The van der Waals surface area contributed by atoms with Gasteiger partial charge in [0.2, 0.25) is 5.91 Å². The van der Waals surface area contributed by atoms with Crippen LogP contribution >= 0.6 is 11.6 Å². The lowest BCUT2D eigenvalue weighted by Crippen LogP contribution is -2.37. The van der Waals surface area contributed by atoms with Crippen LogP contribution in [0.4, 0.5) is 5.69 Å². The molecule has 19 heavy (non-hydrogen) atoms. The smallest absolute Gasteiger partial charge is 0.339 e. The number of amides is 1. The number of anilines is 1. The molecule has 3 N–H and O–H groups in total. The second-order valence-electron chi connectivity index (χ2n) is 4.50. The molecule has 1 atom stereocenters. The molecule has 0 aliphatic carbocycles. The maximum absolute atomic E-state index is 12.1. The van der Waals surface area contributed by atoms with E-state index in [4.69, 9.17) is 16.7 Å². The Balaban J connectivity index is 2.16. The molecule has 1 unspecified atom stereocenters. The monoisotopic (exact) mass is 282 g/mol. The summed E-state index contributed by atoms with van der Waals surface area (Å²) < 4.78 is 0. The molecule has 0 aromatic heterocycles. The van der Waals surface area contributed by atoms with Crippen LogP contribution in [0.2, 0.25) is 5.02 Å². The van der Waals surface area contributed by atoms with Gasteiger partial charge in [0.15, 0.2) is 0 Å². The van der Waals surface area contributed by atoms with Crippen molar-refractivity contribution in [2.75, 3.05) is 18.4 Å². The van der Waals surface area contributed by atoms with Gasteiger partial charge >= 0.3 is 5.97 Å². The van der Waals surface area contributed by atoms with Crippen molar-refractivity contribution in [2.24, 2.45) is 5.92 Å². The molecular weight excluding hydrogens is 268 g/mol. The minimum atomic E-state index is -1.15. The number of carboxylic acids is 1. The van der Waals surface area contributed by atoms with Crippen molar-refractivity contribution in [2.45, 2.75) is 12.8 Å². The van der Waals surface area contributed by atoms with Crippen molar-refractivity contribution in [3.8, 4) is 0 Å². The summed E-state index contributed by atoms with van der Waals surface area (Å²) in [4.78, 5) is 23.2. The van der Waals surface area contributed by atoms with Crippen molar-refractivity contribution < 1.29 is 14.7 Å². The quantitative estimate of drug-likeness (QED) is 0.792. The molecule has 102 valence electrons. The number of benzene rings is 1. The number of carboxylic acid groups (broad SMARTS) is 1. The third kappa shape index (κ3) is 3.24. The first-order valence-corrected chi connectivity index (χ1v) is 6.51. The van der Waals surface area contributed by atoms with E-state index in [0.717, 1.165) is 19.4 Å². The van der Waals surface area contributed by atoms with E-state index >= 15 is 0 Å². The SMILES string of the molecule is O=C(O)c1c(Cl)cccc1NC(=O)C1CCCNC1. The standard InChI is InChI=1S/C13H15ClN2O3/c14-9-4-1-5-10(11(9)13(18)19)16-12(17)8-3-2-6-15-7-8/h1,4-5,8,15H,2-3,6-7H2,(H,16,17)(H,18,19). The minimum absolute atomic E-state index is 0.0683. The number of piperidine rings is 1. The number of halogens is 1.